The van der Waals surface area contributed by atoms with Gasteiger partial charge >= 0.3 is 0 Å². The molecule has 1 saturated carbocycles. The van der Waals surface area contributed by atoms with Crippen molar-refractivity contribution in [2.24, 2.45) is 11.3 Å². The topological polar surface area (TPSA) is 193 Å². The molecule has 1 aromatic heterocycles. The van der Waals surface area contributed by atoms with Gasteiger partial charge in [-0.15, -0.1) is 0 Å². The van der Waals surface area contributed by atoms with Crippen LogP contribution in [0.4, 0.5) is 22.9 Å². The third-order valence-corrected chi connectivity index (χ3v) is 13.8. The number of allylic oxidation sites excluding steroid dienone is 1. The number of rotatable bonds is 13. The van der Waals surface area contributed by atoms with Crippen molar-refractivity contribution in [2.45, 2.75) is 69.8 Å². The molecule has 2 heterocycles. The number of ether oxygens (including phenoxy) is 1. The molecule has 4 aromatic rings. The van der Waals surface area contributed by atoms with Crippen LogP contribution in [0.25, 0.3) is 5.57 Å². The number of aromatic nitrogens is 1. The standard InChI is InChI=1S/C44H51Cl2N7O7S/c1-44(2)16-15-30(37(24-44)29-5-7-31(45)8-6-29)27-51-17-19-52(20-18-51)32-9-13-36(41(21-32)60-34-22-38(46)42(47)49-26-34)43(55)50-61(58,59)35-12-14-39(40(23-35)53(56)57)48-25-28-3-10-33(54)11-4-28/h5-9,12-14,21-23,26,28,33,48,54H,3-4,10-11,15-20,24-25,27H2,1-2H3,(H2,47,49)(H,50,55)/t28-,33-. The van der Waals surface area contributed by atoms with Crippen LogP contribution >= 0.6 is 23.2 Å². The molecule has 1 aliphatic heterocycles. The minimum Gasteiger partial charge on any atom is -0.455 e. The number of sulfonamides is 1. The van der Waals surface area contributed by atoms with E-state index in [1.807, 2.05) is 12.1 Å². The molecule has 3 aromatic carbocycles. The van der Waals surface area contributed by atoms with Crippen LogP contribution in [0.5, 0.6) is 11.5 Å². The molecule has 17 heteroatoms. The Morgan fingerprint density at radius 2 is 1.74 bits per heavy atom. The molecule has 3 aliphatic rings. The van der Waals surface area contributed by atoms with Gasteiger partial charge < -0.3 is 25.8 Å². The smallest absolute Gasteiger partial charge is 0.293 e. The summed E-state index contributed by atoms with van der Waals surface area (Å²) in [6.07, 6.45) is 7.03. The number of nitro benzene ring substituents is 1. The summed E-state index contributed by atoms with van der Waals surface area (Å²) in [6.45, 7) is 8.90. The molecule has 0 bridgehead atoms. The van der Waals surface area contributed by atoms with Gasteiger partial charge in [0.25, 0.3) is 21.6 Å². The Bertz CT molecular complexity index is 2420. The van der Waals surface area contributed by atoms with Gasteiger partial charge in [-0.3, -0.25) is 19.8 Å². The molecule has 1 saturated heterocycles. The van der Waals surface area contributed by atoms with E-state index in [1.165, 1.54) is 47.2 Å². The molecule has 7 rings (SSSR count). The highest BCUT2D eigenvalue weighted by Crippen LogP contribution is 2.43. The van der Waals surface area contributed by atoms with E-state index in [9.17, 15) is 28.4 Å². The summed E-state index contributed by atoms with van der Waals surface area (Å²) in [6, 6.07) is 17.9. The normalized spacial score (nSPS) is 19.7. The van der Waals surface area contributed by atoms with Crippen molar-refractivity contribution in [3.8, 4) is 11.5 Å². The highest BCUT2D eigenvalue weighted by molar-refractivity contribution is 7.90. The molecule has 0 radical (unpaired) electrons. The number of hydrogen-bond acceptors (Lipinski definition) is 12. The maximum absolute atomic E-state index is 13.8. The highest BCUT2D eigenvalue weighted by atomic mass is 35.5. The van der Waals surface area contributed by atoms with Crippen LogP contribution in [-0.2, 0) is 10.0 Å². The number of amides is 1. The van der Waals surface area contributed by atoms with Crippen molar-refractivity contribution in [2.75, 3.05) is 55.2 Å². The van der Waals surface area contributed by atoms with Crippen LogP contribution in [0.3, 0.4) is 0 Å². The number of aliphatic hydroxyl groups excluding tert-OH is 1. The first kappa shape index (κ1) is 44.1. The number of piperazine rings is 1. The molecule has 2 aliphatic carbocycles. The minimum absolute atomic E-state index is 0.0404. The molecule has 0 spiro atoms. The lowest BCUT2D eigenvalue weighted by Gasteiger charge is -2.39. The number of nitrogens with two attached hydrogens (primary N) is 1. The Morgan fingerprint density at radius 3 is 2.43 bits per heavy atom. The van der Waals surface area contributed by atoms with Gasteiger partial charge in [-0.2, -0.15) is 0 Å². The van der Waals surface area contributed by atoms with Gasteiger partial charge in [-0.25, -0.2) is 18.1 Å². The molecule has 14 nitrogen and oxygen atoms in total. The van der Waals surface area contributed by atoms with E-state index in [0.717, 1.165) is 68.5 Å². The zero-order valence-electron chi connectivity index (χ0n) is 34.2. The summed E-state index contributed by atoms with van der Waals surface area (Å²) in [5, 5.41) is 25.8. The third kappa shape index (κ3) is 10.9. The molecule has 0 unspecified atom stereocenters. The Balaban J connectivity index is 1.08. The van der Waals surface area contributed by atoms with E-state index in [2.05, 4.69) is 50.8 Å². The first-order valence-electron chi connectivity index (χ1n) is 20.5. The molecule has 2 fully saturated rings. The Kier molecular flexibility index (Phi) is 13.4. The number of hydrogen-bond donors (Lipinski definition) is 4. The number of carbonyl (C=O) groups excluding carboxylic acids is 1. The molecular weight excluding hydrogens is 841 g/mol. The first-order chi connectivity index (χ1) is 29.0. The second kappa shape index (κ2) is 18.6. The Morgan fingerprint density at radius 1 is 1.02 bits per heavy atom. The predicted octanol–water partition coefficient (Wildman–Crippen LogP) is 8.54. The van der Waals surface area contributed by atoms with Crippen molar-refractivity contribution >= 4 is 67.6 Å². The SMILES string of the molecule is CC1(C)CCC(CN2CCN(c3ccc(C(=O)NS(=O)(=O)c4ccc(NC[C@H]5CC[C@H](O)CC5)c([N+](=O)[O-])c4)c(Oc4cnc(N)c(Cl)c4)c3)CC2)=C(c2ccc(Cl)cc2)C1. The van der Waals surface area contributed by atoms with Crippen LogP contribution in [0.1, 0.15) is 74.7 Å². The van der Waals surface area contributed by atoms with E-state index in [4.69, 9.17) is 33.7 Å². The van der Waals surface area contributed by atoms with Crippen molar-refractivity contribution < 1.29 is 28.0 Å². The molecule has 61 heavy (non-hydrogen) atoms. The lowest BCUT2D eigenvalue weighted by atomic mass is 9.72. The molecule has 0 atom stereocenters. The van der Waals surface area contributed by atoms with Crippen molar-refractivity contribution in [1.82, 2.24) is 14.6 Å². The summed E-state index contributed by atoms with van der Waals surface area (Å²) in [5.41, 5.74) is 10.4. The minimum atomic E-state index is -4.59. The third-order valence-electron chi connectivity index (χ3n) is 11.9. The lowest BCUT2D eigenvalue weighted by molar-refractivity contribution is -0.384. The number of nitrogens with zero attached hydrogens (tertiary/aromatic N) is 4. The lowest BCUT2D eigenvalue weighted by Crippen LogP contribution is -2.47. The Hall–Kier alpha value is -4.93. The maximum atomic E-state index is 13.8. The molecule has 5 N–H and O–H groups in total. The number of nitrogens with one attached hydrogen (secondary N) is 2. The van der Waals surface area contributed by atoms with E-state index in [1.54, 1.807) is 12.1 Å². The van der Waals surface area contributed by atoms with E-state index in [0.29, 0.717) is 32.5 Å². The fourth-order valence-corrected chi connectivity index (χ4v) is 9.58. The number of nitro groups is 1. The summed E-state index contributed by atoms with van der Waals surface area (Å²) >= 11 is 12.5. The second-order valence-electron chi connectivity index (χ2n) is 16.9. The fraction of sp³-hybridized carbons (Fsp3) is 0.409. The maximum Gasteiger partial charge on any atom is 0.293 e. The zero-order valence-corrected chi connectivity index (χ0v) is 36.5. The highest BCUT2D eigenvalue weighted by Gasteiger charge is 2.31. The number of pyridine rings is 1. The van der Waals surface area contributed by atoms with Crippen LogP contribution in [0.2, 0.25) is 10.0 Å². The fourth-order valence-electron chi connectivity index (χ4n) is 8.31. The van der Waals surface area contributed by atoms with Gasteiger partial charge in [0.2, 0.25) is 0 Å². The van der Waals surface area contributed by atoms with Gasteiger partial charge in [0.15, 0.2) is 0 Å². The number of aliphatic hydroxyl groups is 1. The second-order valence-corrected chi connectivity index (χ2v) is 19.5. The van der Waals surface area contributed by atoms with Gasteiger partial charge in [0.05, 0.1) is 32.7 Å². The van der Waals surface area contributed by atoms with Crippen LogP contribution in [-0.4, -0.2) is 79.6 Å². The summed E-state index contributed by atoms with van der Waals surface area (Å²) in [5.74, 6) is -0.502. The molecular formula is C44H51Cl2N7O7S. The summed E-state index contributed by atoms with van der Waals surface area (Å²) < 4.78 is 35.5. The van der Waals surface area contributed by atoms with Gasteiger partial charge in [-0.1, -0.05) is 54.8 Å². The number of nitrogen functional groups attached to an aromatic ring is 1. The summed E-state index contributed by atoms with van der Waals surface area (Å²) in [7, 11) is -4.59. The van der Waals surface area contributed by atoms with Crippen LogP contribution in [0.15, 0.2) is 83.4 Å². The zero-order chi connectivity index (χ0) is 43.5. The number of halogens is 2. The molecule has 324 valence electrons. The first-order valence-corrected chi connectivity index (χ1v) is 22.7. The average Bonchev–Trinajstić information content (AvgIpc) is 3.23. The molecule has 1 amide bonds. The van der Waals surface area contributed by atoms with Crippen LogP contribution < -0.4 is 25.4 Å². The largest absolute Gasteiger partial charge is 0.455 e. The monoisotopic (exact) mass is 891 g/mol. The van der Waals surface area contributed by atoms with E-state index < -0.39 is 31.4 Å². The summed E-state index contributed by atoms with van der Waals surface area (Å²) in [4.78, 5) is 33.5. The van der Waals surface area contributed by atoms with Crippen molar-refractivity contribution in [3.05, 3.63) is 110 Å². The van der Waals surface area contributed by atoms with Crippen molar-refractivity contribution in [1.29, 1.82) is 0 Å². The van der Waals surface area contributed by atoms with E-state index >= 15 is 0 Å². The van der Waals surface area contributed by atoms with Crippen molar-refractivity contribution in [3.63, 3.8) is 0 Å². The van der Waals surface area contributed by atoms with Gasteiger partial charge in [-0.05, 0) is 104 Å². The average molecular weight is 893 g/mol. The van der Waals surface area contributed by atoms with E-state index in [-0.39, 0.29) is 51.0 Å². The number of anilines is 3. The number of carbonyl (C=O) groups is 1. The van der Waals surface area contributed by atoms with Gasteiger partial charge in [0, 0.05) is 68.2 Å². The number of benzene rings is 3. The van der Waals surface area contributed by atoms with Gasteiger partial charge in [0.1, 0.15) is 23.0 Å². The quantitative estimate of drug-likeness (QED) is 0.0740. The predicted molar refractivity (Wildman–Crippen MR) is 239 cm³/mol. The Labute approximate surface area is 366 Å². The van der Waals surface area contributed by atoms with Crippen LogP contribution in [0, 0.1) is 21.4 Å².